The molecule has 0 bridgehead atoms. The fourth-order valence-corrected chi connectivity index (χ4v) is 2.13. The number of rotatable bonds is 7. The molecule has 1 rings (SSSR count). The maximum atomic E-state index is 11.6. The minimum Gasteiger partial charge on any atom is -0.356 e. The van der Waals surface area contributed by atoms with Gasteiger partial charge in [-0.05, 0) is 36.2 Å². The third-order valence-electron chi connectivity index (χ3n) is 2.72. The zero-order valence-electron chi connectivity index (χ0n) is 10.7. The maximum absolute atomic E-state index is 11.6. The van der Waals surface area contributed by atoms with Crippen molar-refractivity contribution in [2.45, 2.75) is 33.1 Å². The molecule has 0 saturated heterocycles. The van der Waals surface area contributed by atoms with Gasteiger partial charge in [-0.1, -0.05) is 19.9 Å². The zero-order chi connectivity index (χ0) is 12.7. The van der Waals surface area contributed by atoms with Crippen LogP contribution in [0.1, 0.15) is 31.6 Å². The van der Waals surface area contributed by atoms with Crippen molar-refractivity contribution in [1.82, 2.24) is 5.32 Å². The lowest BCUT2D eigenvalue weighted by Crippen LogP contribution is -2.38. The van der Waals surface area contributed by atoms with E-state index < -0.39 is 0 Å². The first-order valence-electron chi connectivity index (χ1n) is 6.03. The summed E-state index contributed by atoms with van der Waals surface area (Å²) < 4.78 is 0. The molecule has 0 aliphatic carbocycles. The molecule has 0 radical (unpaired) electrons. The Hall–Kier alpha value is -0.870. The standard InChI is InChI=1S/C13H22N2OS/c1-13(2,9-14)10-15-12(16)7-3-5-11-6-4-8-17-11/h4,6,8H,3,5,7,9-10,14H2,1-2H3,(H,15,16). The lowest BCUT2D eigenvalue weighted by Gasteiger charge is -2.22. The number of aryl methyl sites for hydroxylation is 1. The van der Waals surface area contributed by atoms with Gasteiger partial charge >= 0.3 is 0 Å². The van der Waals surface area contributed by atoms with Crippen LogP contribution in [0.2, 0.25) is 0 Å². The number of carbonyl (C=O) groups excluding carboxylic acids is 1. The zero-order valence-corrected chi connectivity index (χ0v) is 11.5. The summed E-state index contributed by atoms with van der Waals surface area (Å²) in [6.45, 7) is 5.35. The highest BCUT2D eigenvalue weighted by Gasteiger charge is 2.16. The first kappa shape index (κ1) is 14.2. The molecule has 0 spiro atoms. The SMILES string of the molecule is CC(C)(CN)CNC(=O)CCCc1cccs1. The van der Waals surface area contributed by atoms with Gasteiger partial charge in [0.05, 0.1) is 0 Å². The summed E-state index contributed by atoms with van der Waals surface area (Å²) in [7, 11) is 0. The first-order chi connectivity index (χ1) is 8.03. The molecule has 0 atom stereocenters. The summed E-state index contributed by atoms with van der Waals surface area (Å²) in [6.07, 6.45) is 2.50. The van der Waals surface area contributed by atoms with Crippen LogP contribution in [0, 0.1) is 5.41 Å². The van der Waals surface area contributed by atoms with Gasteiger partial charge in [-0.2, -0.15) is 0 Å². The summed E-state index contributed by atoms with van der Waals surface area (Å²) in [4.78, 5) is 12.9. The first-order valence-corrected chi connectivity index (χ1v) is 6.90. The van der Waals surface area contributed by atoms with Crippen LogP contribution in [-0.2, 0) is 11.2 Å². The molecule has 1 aromatic heterocycles. The van der Waals surface area contributed by atoms with Crippen molar-refractivity contribution in [2.75, 3.05) is 13.1 Å². The number of hydrogen-bond acceptors (Lipinski definition) is 3. The number of thiophene rings is 1. The smallest absolute Gasteiger partial charge is 0.220 e. The van der Waals surface area contributed by atoms with E-state index in [-0.39, 0.29) is 11.3 Å². The molecule has 1 amide bonds. The van der Waals surface area contributed by atoms with Crippen molar-refractivity contribution in [2.24, 2.45) is 11.1 Å². The Balaban J connectivity index is 2.13. The Kier molecular flexibility index (Phi) is 5.65. The Bertz CT molecular complexity index is 333. The van der Waals surface area contributed by atoms with E-state index in [1.165, 1.54) is 4.88 Å². The fraction of sp³-hybridized carbons (Fsp3) is 0.615. The summed E-state index contributed by atoms with van der Waals surface area (Å²) in [5.74, 6) is 0.128. The molecule has 0 unspecified atom stereocenters. The van der Waals surface area contributed by atoms with Crippen molar-refractivity contribution in [3.05, 3.63) is 22.4 Å². The fourth-order valence-electron chi connectivity index (χ4n) is 1.38. The van der Waals surface area contributed by atoms with Crippen molar-refractivity contribution >= 4 is 17.2 Å². The average molecular weight is 254 g/mol. The molecule has 17 heavy (non-hydrogen) atoms. The lowest BCUT2D eigenvalue weighted by atomic mass is 9.94. The van der Waals surface area contributed by atoms with Crippen LogP contribution >= 0.6 is 11.3 Å². The highest BCUT2D eigenvalue weighted by molar-refractivity contribution is 7.09. The topological polar surface area (TPSA) is 55.1 Å². The van der Waals surface area contributed by atoms with E-state index in [4.69, 9.17) is 5.73 Å². The molecule has 0 aliphatic heterocycles. The van der Waals surface area contributed by atoms with Gasteiger partial charge in [-0.3, -0.25) is 4.79 Å². The van der Waals surface area contributed by atoms with Gasteiger partial charge in [0.15, 0.2) is 0 Å². The van der Waals surface area contributed by atoms with Crippen LogP contribution in [0.4, 0.5) is 0 Å². The molecule has 0 fully saturated rings. The predicted molar refractivity (Wildman–Crippen MR) is 73.1 cm³/mol. The molecular weight excluding hydrogens is 232 g/mol. The maximum Gasteiger partial charge on any atom is 0.220 e. The van der Waals surface area contributed by atoms with E-state index in [1.54, 1.807) is 11.3 Å². The Morgan fingerprint density at radius 2 is 2.29 bits per heavy atom. The van der Waals surface area contributed by atoms with Crippen LogP contribution < -0.4 is 11.1 Å². The molecule has 1 heterocycles. The molecule has 3 N–H and O–H groups in total. The third-order valence-corrected chi connectivity index (χ3v) is 3.66. The average Bonchev–Trinajstić information content (AvgIpc) is 2.80. The van der Waals surface area contributed by atoms with Gasteiger partial charge in [0.1, 0.15) is 0 Å². The van der Waals surface area contributed by atoms with Gasteiger partial charge in [0.25, 0.3) is 0 Å². The van der Waals surface area contributed by atoms with Gasteiger partial charge < -0.3 is 11.1 Å². The second-order valence-corrected chi connectivity index (χ2v) is 6.11. The number of nitrogens with one attached hydrogen (secondary N) is 1. The van der Waals surface area contributed by atoms with E-state index in [2.05, 4.69) is 30.6 Å². The predicted octanol–water partition coefficient (Wildman–Crippen LogP) is 2.17. The molecule has 0 aromatic carbocycles. The minimum absolute atomic E-state index is 0.0105. The second kappa shape index (κ2) is 6.77. The number of nitrogens with two attached hydrogens (primary N) is 1. The second-order valence-electron chi connectivity index (χ2n) is 5.08. The molecule has 3 nitrogen and oxygen atoms in total. The van der Waals surface area contributed by atoms with Crippen LogP contribution in [0.5, 0.6) is 0 Å². The number of amides is 1. The van der Waals surface area contributed by atoms with Crippen LogP contribution in [-0.4, -0.2) is 19.0 Å². The van der Waals surface area contributed by atoms with Crippen LogP contribution in [0.3, 0.4) is 0 Å². The lowest BCUT2D eigenvalue weighted by molar-refractivity contribution is -0.121. The van der Waals surface area contributed by atoms with Crippen molar-refractivity contribution in [3.8, 4) is 0 Å². The Morgan fingerprint density at radius 3 is 2.88 bits per heavy atom. The summed E-state index contributed by atoms with van der Waals surface area (Å²) in [5, 5.41) is 5.01. The van der Waals surface area contributed by atoms with E-state index in [0.29, 0.717) is 19.5 Å². The largest absolute Gasteiger partial charge is 0.356 e. The molecule has 96 valence electrons. The highest BCUT2D eigenvalue weighted by Crippen LogP contribution is 2.12. The van der Waals surface area contributed by atoms with E-state index in [1.807, 2.05) is 6.07 Å². The third kappa shape index (κ3) is 5.84. The highest BCUT2D eigenvalue weighted by atomic mass is 32.1. The Morgan fingerprint density at radius 1 is 1.53 bits per heavy atom. The van der Waals surface area contributed by atoms with E-state index in [0.717, 1.165) is 12.8 Å². The van der Waals surface area contributed by atoms with Crippen molar-refractivity contribution < 1.29 is 4.79 Å². The summed E-state index contributed by atoms with van der Waals surface area (Å²) >= 11 is 1.75. The van der Waals surface area contributed by atoms with Crippen molar-refractivity contribution in [3.63, 3.8) is 0 Å². The normalized spacial score (nSPS) is 11.5. The molecule has 0 aliphatic rings. The quantitative estimate of drug-likeness (QED) is 0.783. The molecular formula is C13H22N2OS. The molecule has 1 aromatic rings. The van der Waals surface area contributed by atoms with Crippen LogP contribution in [0.15, 0.2) is 17.5 Å². The number of carbonyl (C=O) groups is 1. The monoisotopic (exact) mass is 254 g/mol. The van der Waals surface area contributed by atoms with Crippen LogP contribution in [0.25, 0.3) is 0 Å². The Labute approximate surface area is 107 Å². The van der Waals surface area contributed by atoms with Gasteiger partial charge in [-0.15, -0.1) is 11.3 Å². The number of hydrogen-bond donors (Lipinski definition) is 2. The summed E-state index contributed by atoms with van der Waals surface area (Å²) in [6, 6.07) is 4.16. The van der Waals surface area contributed by atoms with Gasteiger partial charge in [0.2, 0.25) is 5.91 Å². The van der Waals surface area contributed by atoms with Crippen molar-refractivity contribution in [1.29, 1.82) is 0 Å². The van der Waals surface area contributed by atoms with Gasteiger partial charge in [0, 0.05) is 17.8 Å². The summed E-state index contributed by atoms with van der Waals surface area (Å²) in [5.41, 5.74) is 5.60. The van der Waals surface area contributed by atoms with Gasteiger partial charge in [-0.25, -0.2) is 0 Å². The molecule has 4 heteroatoms. The van der Waals surface area contributed by atoms with E-state index >= 15 is 0 Å². The molecule has 0 saturated carbocycles. The van der Waals surface area contributed by atoms with E-state index in [9.17, 15) is 4.79 Å². The minimum atomic E-state index is -0.0105.